The van der Waals surface area contributed by atoms with Crippen molar-refractivity contribution in [3.8, 4) is 0 Å². The van der Waals surface area contributed by atoms with E-state index >= 15 is 0 Å². The first-order chi connectivity index (χ1) is 15.6. The van der Waals surface area contributed by atoms with Gasteiger partial charge in [0.1, 0.15) is 11.6 Å². The first-order valence-electron chi connectivity index (χ1n) is 11.8. The predicted molar refractivity (Wildman–Crippen MR) is 140 cm³/mol. The van der Waals surface area contributed by atoms with E-state index in [9.17, 15) is 0 Å². The van der Waals surface area contributed by atoms with Gasteiger partial charge in [0.05, 0.1) is 5.52 Å². The van der Waals surface area contributed by atoms with Gasteiger partial charge < -0.3 is 5.32 Å². The molecule has 0 amide bonds. The molecule has 0 spiro atoms. The zero-order valence-corrected chi connectivity index (χ0v) is 20.7. The van der Waals surface area contributed by atoms with Crippen LogP contribution in [-0.2, 0) is 23.8 Å². The smallest absolute Gasteiger partial charge is 0.137 e. The number of fused-ring (bicyclic) bond motifs is 1. The number of nitrogens with one attached hydrogen (secondary N) is 1. The second-order valence-corrected chi connectivity index (χ2v) is 10.9. The molecule has 0 fully saturated rings. The molecule has 0 bridgehead atoms. The topological polar surface area (TPSA) is 37.8 Å². The molecule has 0 radical (unpaired) electrons. The van der Waals surface area contributed by atoms with Gasteiger partial charge in [-0.3, -0.25) is 0 Å². The van der Waals surface area contributed by atoms with Crippen molar-refractivity contribution in [2.45, 2.75) is 65.3 Å². The van der Waals surface area contributed by atoms with Crippen LogP contribution in [0.4, 0.5) is 5.82 Å². The summed E-state index contributed by atoms with van der Waals surface area (Å²) in [5, 5.41) is 4.62. The quantitative estimate of drug-likeness (QED) is 0.353. The normalized spacial score (nSPS) is 12.2. The van der Waals surface area contributed by atoms with Crippen molar-refractivity contribution in [2.75, 3.05) is 5.32 Å². The van der Waals surface area contributed by atoms with E-state index in [1.165, 1.54) is 22.3 Å². The molecule has 4 rings (SSSR count). The fraction of sp³-hybridized carbons (Fsp3) is 0.333. The highest BCUT2D eigenvalue weighted by molar-refractivity contribution is 5.89. The minimum absolute atomic E-state index is 0.153. The lowest BCUT2D eigenvalue weighted by atomic mass is 9.86. The maximum atomic E-state index is 4.92. The van der Waals surface area contributed by atoms with Gasteiger partial charge in [0.15, 0.2) is 0 Å². The molecule has 1 aromatic heterocycles. The second-order valence-electron chi connectivity index (χ2n) is 10.9. The van der Waals surface area contributed by atoms with Gasteiger partial charge in [-0.25, -0.2) is 9.97 Å². The Morgan fingerprint density at radius 2 is 1.18 bits per heavy atom. The third kappa shape index (κ3) is 5.60. The van der Waals surface area contributed by atoms with Crippen LogP contribution in [0, 0.1) is 0 Å². The SMILES string of the molecule is CC(C)(C)c1ccc(CNc2nc(Cc3ccc(C(C)(C)C)cc3)nc3ccccc23)cc1. The number of benzene rings is 3. The molecule has 3 nitrogen and oxygen atoms in total. The number of rotatable bonds is 5. The summed E-state index contributed by atoms with van der Waals surface area (Å²) in [6.07, 6.45) is 0.713. The van der Waals surface area contributed by atoms with E-state index < -0.39 is 0 Å². The molecule has 1 N–H and O–H groups in total. The molecule has 0 saturated carbocycles. The number of anilines is 1. The van der Waals surface area contributed by atoms with Crippen LogP contribution in [-0.4, -0.2) is 9.97 Å². The van der Waals surface area contributed by atoms with Crippen LogP contribution in [0.1, 0.15) is 69.6 Å². The van der Waals surface area contributed by atoms with Crippen molar-refractivity contribution in [3.05, 3.63) is 101 Å². The number of aromatic nitrogens is 2. The molecular weight excluding hydrogens is 402 g/mol. The van der Waals surface area contributed by atoms with Crippen LogP contribution in [0.25, 0.3) is 10.9 Å². The van der Waals surface area contributed by atoms with E-state index in [0.717, 1.165) is 29.1 Å². The van der Waals surface area contributed by atoms with Crippen LogP contribution >= 0.6 is 0 Å². The molecule has 0 saturated heterocycles. The maximum absolute atomic E-state index is 4.92. The fourth-order valence-corrected chi connectivity index (χ4v) is 3.95. The molecule has 4 aromatic rings. The summed E-state index contributed by atoms with van der Waals surface area (Å²) < 4.78 is 0. The number of nitrogens with zero attached hydrogens (tertiary/aromatic N) is 2. The first kappa shape index (κ1) is 23.0. The molecule has 3 heteroatoms. The molecule has 0 aliphatic rings. The number of para-hydroxylation sites is 1. The summed E-state index contributed by atoms with van der Waals surface area (Å²) in [4.78, 5) is 9.76. The molecule has 0 aliphatic heterocycles. The van der Waals surface area contributed by atoms with Crippen LogP contribution in [0.3, 0.4) is 0 Å². The standard InChI is InChI=1S/C30H35N3/c1-29(2,3)23-15-11-21(12-16-23)19-27-32-26-10-8-7-9-25(26)28(33-27)31-20-22-13-17-24(18-14-22)30(4,5)6/h7-18H,19-20H2,1-6H3,(H,31,32,33). The second kappa shape index (κ2) is 8.97. The highest BCUT2D eigenvalue weighted by atomic mass is 15.0. The Kier molecular flexibility index (Phi) is 6.25. The van der Waals surface area contributed by atoms with E-state index in [1.54, 1.807) is 0 Å². The lowest BCUT2D eigenvalue weighted by Gasteiger charge is -2.19. The summed E-state index contributed by atoms with van der Waals surface area (Å²) in [5.74, 6) is 1.73. The summed E-state index contributed by atoms with van der Waals surface area (Å²) in [7, 11) is 0. The summed E-state index contributed by atoms with van der Waals surface area (Å²) in [5.41, 5.74) is 6.44. The Balaban J connectivity index is 1.56. The average molecular weight is 438 g/mol. The van der Waals surface area contributed by atoms with Gasteiger partial charge in [0, 0.05) is 18.4 Å². The van der Waals surface area contributed by atoms with E-state index in [4.69, 9.17) is 9.97 Å². The van der Waals surface area contributed by atoms with Crippen molar-refractivity contribution in [1.82, 2.24) is 9.97 Å². The average Bonchev–Trinajstić information content (AvgIpc) is 2.77. The molecule has 0 unspecified atom stereocenters. The van der Waals surface area contributed by atoms with Crippen molar-refractivity contribution in [2.24, 2.45) is 0 Å². The van der Waals surface area contributed by atoms with Gasteiger partial charge in [0.25, 0.3) is 0 Å². The maximum Gasteiger partial charge on any atom is 0.137 e. The molecular formula is C30H35N3. The highest BCUT2D eigenvalue weighted by Gasteiger charge is 2.15. The Labute approximate surface area is 198 Å². The summed E-state index contributed by atoms with van der Waals surface area (Å²) in [6, 6.07) is 25.9. The predicted octanol–water partition coefficient (Wildman–Crippen LogP) is 7.43. The zero-order valence-electron chi connectivity index (χ0n) is 20.7. The van der Waals surface area contributed by atoms with Crippen molar-refractivity contribution in [1.29, 1.82) is 0 Å². The first-order valence-corrected chi connectivity index (χ1v) is 11.8. The Morgan fingerprint density at radius 3 is 1.76 bits per heavy atom. The minimum atomic E-state index is 0.153. The van der Waals surface area contributed by atoms with Gasteiger partial charge in [-0.15, -0.1) is 0 Å². The Morgan fingerprint density at radius 1 is 0.636 bits per heavy atom. The number of hydrogen-bond acceptors (Lipinski definition) is 3. The van der Waals surface area contributed by atoms with Crippen LogP contribution in [0.5, 0.6) is 0 Å². The van der Waals surface area contributed by atoms with E-state index in [2.05, 4.69) is 108 Å². The van der Waals surface area contributed by atoms with Crippen molar-refractivity contribution in [3.63, 3.8) is 0 Å². The largest absolute Gasteiger partial charge is 0.365 e. The van der Waals surface area contributed by atoms with Gasteiger partial charge in [-0.2, -0.15) is 0 Å². The summed E-state index contributed by atoms with van der Waals surface area (Å²) in [6.45, 7) is 14.2. The molecule has 3 aromatic carbocycles. The lowest BCUT2D eigenvalue weighted by Crippen LogP contribution is -2.11. The van der Waals surface area contributed by atoms with Crippen molar-refractivity contribution < 1.29 is 0 Å². The molecule has 0 atom stereocenters. The van der Waals surface area contributed by atoms with Crippen LogP contribution < -0.4 is 5.32 Å². The number of hydrogen-bond donors (Lipinski definition) is 1. The molecule has 0 aliphatic carbocycles. The molecule has 1 heterocycles. The highest BCUT2D eigenvalue weighted by Crippen LogP contribution is 2.25. The van der Waals surface area contributed by atoms with E-state index in [0.29, 0.717) is 6.42 Å². The molecule has 170 valence electrons. The summed E-state index contributed by atoms with van der Waals surface area (Å²) >= 11 is 0. The third-order valence-electron chi connectivity index (χ3n) is 6.11. The monoisotopic (exact) mass is 437 g/mol. The van der Waals surface area contributed by atoms with E-state index in [1.807, 2.05) is 12.1 Å². The van der Waals surface area contributed by atoms with Crippen LogP contribution in [0.2, 0.25) is 0 Å². The Hall–Kier alpha value is -3.20. The van der Waals surface area contributed by atoms with Gasteiger partial charge in [0.2, 0.25) is 0 Å². The van der Waals surface area contributed by atoms with Gasteiger partial charge >= 0.3 is 0 Å². The van der Waals surface area contributed by atoms with Gasteiger partial charge in [-0.05, 0) is 45.2 Å². The van der Waals surface area contributed by atoms with E-state index in [-0.39, 0.29) is 10.8 Å². The zero-order chi connectivity index (χ0) is 23.6. The van der Waals surface area contributed by atoms with Crippen molar-refractivity contribution >= 4 is 16.7 Å². The van der Waals surface area contributed by atoms with Gasteiger partial charge in [-0.1, -0.05) is 102 Å². The fourth-order valence-electron chi connectivity index (χ4n) is 3.95. The van der Waals surface area contributed by atoms with Crippen LogP contribution in [0.15, 0.2) is 72.8 Å². The lowest BCUT2D eigenvalue weighted by molar-refractivity contribution is 0.589. The Bertz CT molecular complexity index is 1230. The minimum Gasteiger partial charge on any atom is -0.365 e. The molecule has 33 heavy (non-hydrogen) atoms. The third-order valence-corrected chi connectivity index (χ3v) is 6.11.